The highest BCUT2D eigenvalue weighted by Crippen LogP contribution is 2.21. The number of aromatic nitrogens is 2. The third kappa shape index (κ3) is 1.73. The highest BCUT2D eigenvalue weighted by atomic mass is 16.4. The summed E-state index contributed by atoms with van der Waals surface area (Å²) >= 11 is 0. The molecular weight excluding hydrogens is 208 g/mol. The molecular formula is C11H14N2O3. The second-order valence-corrected chi connectivity index (χ2v) is 3.97. The smallest absolute Gasteiger partial charge is 0.326 e. The van der Waals surface area contributed by atoms with Gasteiger partial charge in [0.15, 0.2) is 0 Å². The van der Waals surface area contributed by atoms with Crippen molar-refractivity contribution in [2.45, 2.75) is 38.6 Å². The maximum atomic E-state index is 11.8. The lowest BCUT2D eigenvalue weighted by Gasteiger charge is -2.24. The molecule has 2 rings (SSSR count). The molecule has 1 atom stereocenters. The summed E-state index contributed by atoms with van der Waals surface area (Å²) < 4.78 is 1.32. The number of aliphatic carboxylic acids is 1. The lowest BCUT2D eigenvalue weighted by atomic mass is 10.0. The van der Waals surface area contributed by atoms with Crippen LogP contribution in [-0.2, 0) is 17.6 Å². The highest BCUT2D eigenvalue weighted by molar-refractivity contribution is 5.72. The van der Waals surface area contributed by atoms with Gasteiger partial charge < -0.3 is 5.11 Å². The zero-order valence-electron chi connectivity index (χ0n) is 9.14. The molecule has 0 saturated carbocycles. The maximum absolute atomic E-state index is 11.8. The molecule has 0 radical (unpaired) electrons. The minimum Gasteiger partial charge on any atom is -0.480 e. The average molecular weight is 222 g/mol. The number of aryl methyl sites for hydroxylation is 2. The summed E-state index contributed by atoms with van der Waals surface area (Å²) in [4.78, 5) is 27.2. The fraction of sp³-hybridized carbons (Fsp3) is 0.545. The van der Waals surface area contributed by atoms with E-state index in [1.165, 1.54) is 10.6 Å². The van der Waals surface area contributed by atoms with Gasteiger partial charge in [-0.1, -0.05) is 6.92 Å². The van der Waals surface area contributed by atoms with E-state index < -0.39 is 12.0 Å². The Hall–Kier alpha value is -1.65. The summed E-state index contributed by atoms with van der Waals surface area (Å²) in [7, 11) is 0. The first-order chi connectivity index (χ1) is 7.63. The van der Waals surface area contributed by atoms with E-state index in [2.05, 4.69) is 4.98 Å². The quantitative estimate of drug-likeness (QED) is 0.802. The Morgan fingerprint density at radius 3 is 3.06 bits per heavy atom. The van der Waals surface area contributed by atoms with E-state index in [0.717, 1.165) is 12.1 Å². The molecule has 0 saturated heterocycles. The van der Waals surface area contributed by atoms with Crippen molar-refractivity contribution in [2.75, 3.05) is 0 Å². The van der Waals surface area contributed by atoms with Crippen LogP contribution in [0.5, 0.6) is 0 Å². The first-order valence-electron chi connectivity index (χ1n) is 5.47. The van der Waals surface area contributed by atoms with Gasteiger partial charge in [-0.3, -0.25) is 9.36 Å². The average Bonchev–Trinajstić information content (AvgIpc) is 2.27. The zero-order valence-corrected chi connectivity index (χ0v) is 9.14. The van der Waals surface area contributed by atoms with Crippen LogP contribution in [0.3, 0.4) is 0 Å². The van der Waals surface area contributed by atoms with Gasteiger partial charge in [0, 0.05) is 18.2 Å². The number of hydrogen-bond donors (Lipinski definition) is 1. The van der Waals surface area contributed by atoms with Crippen molar-refractivity contribution in [3.05, 3.63) is 27.9 Å². The molecule has 5 heteroatoms. The summed E-state index contributed by atoms with van der Waals surface area (Å²) in [6, 6.07) is 0.694. The molecule has 1 unspecified atom stereocenters. The van der Waals surface area contributed by atoms with Crippen molar-refractivity contribution < 1.29 is 9.90 Å². The van der Waals surface area contributed by atoms with Gasteiger partial charge in [-0.05, 0) is 19.3 Å². The molecule has 0 bridgehead atoms. The van der Waals surface area contributed by atoms with Gasteiger partial charge in [0.1, 0.15) is 11.9 Å². The largest absolute Gasteiger partial charge is 0.480 e. The van der Waals surface area contributed by atoms with E-state index in [4.69, 9.17) is 5.11 Å². The number of carboxylic acids is 1. The fourth-order valence-electron chi connectivity index (χ4n) is 2.10. The molecule has 1 aromatic heterocycles. The molecule has 0 amide bonds. The number of rotatable bonds is 2. The molecule has 0 aliphatic carbocycles. The Balaban J connectivity index is 2.57. The highest BCUT2D eigenvalue weighted by Gasteiger charge is 2.27. The summed E-state index contributed by atoms with van der Waals surface area (Å²) in [6.07, 6.45) is 2.67. The topological polar surface area (TPSA) is 72.2 Å². The Morgan fingerprint density at radius 2 is 2.44 bits per heavy atom. The van der Waals surface area contributed by atoms with Gasteiger partial charge in [-0.25, -0.2) is 9.78 Å². The Morgan fingerprint density at radius 1 is 1.69 bits per heavy atom. The standard InChI is InChI=1S/C11H14N2O3/c1-2-7-6-10(14)13-8(11(15)16)4-3-5-9(13)12-7/h6,8H,2-5H2,1H3,(H,15,16). The van der Waals surface area contributed by atoms with Crippen molar-refractivity contribution in [3.63, 3.8) is 0 Å². The van der Waals surface area contributed by atoms with Crippen molar-refractivity contribution in [1.82, 2.24) is 9.55 Å². The predicted octanol–water partition coefficient (Wildman–Crippen LogP) is 0.768. The maximum Gasteiger partial charge on any atom is 0.326 e. The van der Waals surface area contributed by atoms with Gasteiger partial charge >= 0.3 is 5.97 Å². The number of hydrogen-bond acceptors (Lipinski definition) is 3. The lowest BCUT2D eigenvalue weighted by molar-refractivity contribution is -0.141. The third-order valence-electron chi connectivity index (χ3n) is 2.92. The van der Waals surface area contributed by atoms with Crippen LogP contribution in [0.1, 0.15) is 37.3 Å². The molecule has 16 heavy (non-hydrogen) atoms. The van der Waals surface area contributed by atoms with Crippen LogP contribution >= 0.6 is 0 Å². The second-order valence-electron chi connectivity index (χ2n) is 3.97. The van der Waals surface area contributed by atoms with Crippen LogP contribution in [-0.4, -0.2) is 20.6 Å². The zero-order chi connectivity index (χ0) is 11.7. The van der Waals surface area contributed by atoms with Crippen LogP contribution in [0.15, 0.2) is 10.9 Å². The molecule has 1 aliphatic heterocycles. The SMILES string of the molecule is CCc1cc(=O)n2c(n1)CCCC2C(=O)O. The first kappa shape index (κ1) is 10.9. The van der Waals surface area contributed by atoms with Gasteiger partial charge in [-0.15, -0.1) is 0 Å². The summed E-state index contributed by atoms with van der Waals surface area (Å²) in [5, 5.41) is 9.05. The van der Waals surface area contributed by atoms with E-state index in [9.17, 15) is 9.59 Å². The van der Waals surface area contributed by atoms with Crippen LogP contribution in [0.25, 0.3) is 0 Å². The van der Waals surface area contributed by atoms with Crippen molar-refractivity contribution >= 4 is 5.97 Å². The molecule has 0 spiro atoms. The Labute approximate surface area is 92.7 Å². The lowest BCUT2D eigenvalue weighted by Crippen LogP contribution is -2.36. The van der Waals surface area contributed by atoms with Gasteiger partial charge in [0.2, 0.25) is 0 Å². The Bertz CT molecular complexity index is 479. The van der Waals surface area contributed by atoms with E-state index >= 15 is 0 Å². The van der Waals surface area contributed by atoms with E-state index in [1.54, 1.807) is 0 Å². The van der Waals surface area contributed by atoms with Crippen molar-refractivity contribution in [3.8, 4) is 0 Å². The monoisotopic (exact) mass is 222 g/mol. The van der Waals surface area contributed by atoms with Gasteiger partial charge in [-0.2, -0.15) is 0 Å². The van der Waals surface area contributed by atoms with Crippen molar-refractivity contribution in [1.29, 1.82) is 0 Å². The molecule has 5 nitrogen and oxygen atoms in total. The van der Waals surface area contributed by atoms with Crippen LogP contribution < -0.4 is 5.56 Å². The van der Waals surface area contributed by atoms with E-state index in [1.807, 2.05) is 6.92 Å². The molecule has 0 aromatic carbocycles. The Kier molecular flexibility index (Phi) is 2.77. The molecule has 1 aromatic rings. The predicted molar refractivity (Wildman–Crippen MR) is 57.5 cm³/mol. The summed E-state index contributed by atoms with van der Waals surface area (Å²) in [6.45, 7) is 1.93. The summed E-state index contributed by atoms with van der Waals surface area (Å²) in [5.41, 5.74) is 0.497. The van der Waals surface area contributed by atoms with E-state index in [-0.39, 0.29) is 5.56 Å². The summed E-state index contributed by atoms with van der Waals surface area (Å²) in [5.74, 6) is -0.336. The number of carboxylic acid groups (broad SMARTS) is 1. The molecule has 2 heterocycles. The van der Waals surface area contributed by atoms with Crippen LogP contribution in [0.4, 0.5) is 0 Å². The number of nitrogens with zero attached hydrogens (tertiary/aromatic N) is 2. The fourth-order valence-corrected chi connectivity index (χ4v) is 2.10. The third-order valence-corrected chi connectivity index (χ3v) is 2.92. The van der Waals surface area contributed by atoms with Crippen molar-refractivity contribution in [2.24, 2.45) is 0 Å². The number of fused-ring (bicyclic) bond motifs is 1. The van der Waals surface area contributed by atoms with E-state index in [0.29, 0.717) is 25.1 Å². The normalized spacial score (nSPS) is 19.2. The second kappa shape index (κ2) is 4.08. The minimum atomic E-state index is -0.950. The molecule has 1 N–H and O–H groups in total. The number of carbonyl (C=O) groups is 1. The molecule has 1 aliphatic rings. The van der Waals surface area contributed by atoms with Gasteiger partial charge in [0.25, 0.3) is 5.56 Å². The van der Waals surface area contributed by atoms with Crippen LogP contribution in [0.2, 0.25) is 0 Å². The minimum absolute atomic E-state index is 0.242. The first-order valence-corrected chi connectivity index (χ1v) is 5.47. The van der Waals surface area contributed by atoms with Gasteiger partial charge in [0.05, 0.1) is 0 Å². The molecule has 86 valence electrons. The van der Waals surface area contributed by atoms with Crippen LogP contribution in [0, 0.1) is 0 Å². The molecule has 0 fully saturated rings.